The molecule has 0 bridgehead atoms. The molecule has 0 spiro atoms. The number of hydrogen-bond donors (Lipinski definition) is 1. The number of sulfone groups is 1. The summed E-state index contributed by atoms with van der Waals surface area (Å²) in [5.41, 5.74) is 0. The Morgan fingerprint density at radius 1 is 1.17 bits per heavy atom. The normalized spacial score (nSPS) is 19.2. The summed E-state index contributed by atoms with van der Waals surface area (Å²) < 4.78 is 24.2. The number of hydrogen-bond acceptors (Lipinski definition) is 3. The van der Waals surface area contributed by atoms with Crippen LogP contribution in [0, 0.1) is 5.92 Å². The summed E-state index contributed by atoms with van der Waals surface area (Å²) in [7, 11) is -2.88. The van der Waals surface area contributed by atoms with Crippen LogP contribution in [0.3, 0.4) is 0 Å². The standard InChI is InChI=1S/C14H29NO2S/c1-3-5-8-11-18(16,17)12-14(15-4-2)13-9-6-7-10-13/h13-15H,3-12H2,1-2H3. The van der Waals surface area contributed by atoms with Gasteiger partial charge in [-0.25, -0.2) is 8.42 Å². The SMILES string of the molecule is CCCCCS(=O)(=O)CC(NCC)C1CCCC1. The summed E-state index contributed by atoms with van der Waals surface area (Å²) in [6.07, 6.45) is 7.85. The minimum Gasteiger partial charge on any atom is -0.313 e. The van der Waals surface area contributed by atoms with Gasteiger partial charge in [0.05, 0.1) is 11.5 Å². The lowest BCUT2D eigenvalue weighted by molar-refractivity contribution is 0.388. The number of rotatable bonds is 9. The van der Waals surface area contributed by atoms with Crippen LogP contribution in [0.2, 0.25) is 0 Å². The first-order valence-electron chi connectivity index (χ1n) is 7.53. The predicted octanol–water partition coefficient (Wildman–Crippen LogP) is 2.76. The second-order valence-electron chi connectivity index (χ2n) is 5.53. The lowest BCUT2D eigenvalue weighted by atomic mass is 10.00. The average Bonchev–Trinajstić information content (AvgIpc) is 2.81. The lowest BCUT2D eigenvalue weighted by Gasteiger charge is -2.24. The van der Waals surface area contributed by atoms with E-state index in [0.29, 0.717) is 17.4 Å². The van der Waals surface area contributed by atoms with E-state index in [2.05, 4.69) is 19.2 Å². The molecule has 1 unspecified atom stereocenters. The lowest BCUT2D eigenvalue weighted by Crippen LogP contribution is -2.41. The first-order valence-corrected chi connectivity index (χ1v) is 9.35. The molecule has 1 N–H and O–H groups in total. The van der Waals surface area contributed by atoms with E-state index in [4.69, 9.17) is 0 Å². The van der Waals surface area contributed by atoms with E-state index in [1.165, 1.54) is 25.7 Å². The van der Waals surface area contributed by atoms with Crippen molar-refractivity contribution in [2.45, 2.75) is 64.8 Å². The molecular formula is C14H29NO2S. The van der Waals surface area contributed by atoms with Crippen molar-refractivity contribution in [2.75, 3.05) is 18.1 Å². The highest BCUT2D eigenvalue weighted by molar-refractivity contribution is 7.91. The van der Waals surface area contributed by atoms with E-state index in [0.717, 1.165) is 25.8 Å². The molecule has 18 heavy (non-hydrogen) atoms. The Kier molecular flexibility index (Phi) is 7.23. The Labute approximate surface area is 113 Å². The van der Waals surface area contributed by atoms with Crippen molar-refractivity contribution in [3.63, 3.8) is 0 Å². The Hall–Kier alpha value is -0.0900. The van der Waals surface area contributed by atoms with Gasteiger partial charge in [-0.05, 0) is 31.7 Å². The second kappa shape index (κ2) is 8.16. The fourth-order valence-corrected chi connectivity index (χ4v) is 4.66. The summed E-state index contributed by atoms with van der Waals surface area (Å²) >= 11 is 0. The molecule has 0 aromatic heterocycles. The van der Waals surface area contributed by atoms with Gasteiger partial charge in [0.1, 0.15) is 0 Å². The van der Waals surface area contributed by atoms with Crippen LogP contribution < -0.4 is 5.32 Å². The Morgan fingerprint density at radius 2 is 1.83 bits per heavy atom. The molecule has 1 aliphatic rings. The van der Waals surface area contributed by atoms with Crippen LogP contribution >= 0.6 is 0 Å². The predicted molar refractivity (Wildman–Crippen MR) is 77.6 cm³/mol. The van der Waals surface area contributed by atoms with Crippen LogP contribution in [-0.4, -0.2) is 32.5 Å². The quantitative estimate of drug-likeness (QED) is 0.658. The number of unbranched alkanes of at least 4 members (excludes halogenated alkanes) is 2. The Balaban J connectivity index is 2.47. The minimum atomic E-state index is -2.88. The van der Waals surface area contributed by atoms with Gasteiger partial charge in [-0.15, -0.1) is 0 Å². The average molecular weight is 275 g/mol. The first-order chi connectivity index (χ1) is 8.59. The van der Waals surface area contributed by atoms with Gasteiger partial charge in [-0.1, -0.05) is 39.5 Å². The van der Waals surface area contributed by atoms with Crippen LogP contribution in [0.4, 0.5) is 0 Å². The van der Waals surface area contributed by atoms with Gasteiger partial charge in [0.2, 0.25) is 0 Å². The monoisotopic (exact) mass is 275 g/mol. The van der Waals surface area contributed by atoms with E-state index in [1.54, 1.807) is 0 Å². The van der Waals surface area contributed by atoms with Crippen LogP contribution in [0.15, 0.2) is 0 Å². The molecule has 0 radical (unpaired) electrons. The van der Waals surface area contributed by atoms with Crippen molar-refractivity contribution in [2.24, 2.45) is 5.92 Å². The van der Waals surface area contributed by atoms with Gasteiger partial charge in [0, 0.05) is 6.04 Å². The number of nitrogens with one attached hydrogen (secondary N) is 1. The van der Waals surface area contributed by atoms with Crippen molar-refractivity contribution >= 4 is 9.84 Å². The zero-order chi connectivity index (χ0) is 13.4. The van der Waals surface area contributed by atoms with E-state index in [-0.39, 0.29) is 6.04 Å². The van der Waals surface area contributed by atoms with E-state index in [1.807, 2.05) is 0 Å². The largest absolute Gasteiger partial charge is 0.313 e. The van der Waals surface area contributed by atoms with E-state index in [9.17, 15) is 8.42 Å². The second-order valence-corrected chi connectivity index (χ2v) is 7.76. The molecule has 1 rings (SSSR count). The maximum absolute atomic E-state index is 12.1. The zero-order valence-electron chi connectivity index (χ0n) is 12.0. The topological polar surface area (TPSA) is 46.2 Å². The third-order valence-corrected chi connectivity index (χ3v) is 5.71. The summed E-state index contributed by atoms with van der Waals surface area (Å²) in [5.74, 6) is 1.29. The summed E-state index contributed by atoms with van der Waals surface area (Å²) in [4.78, 5) is 0. The van der Waals surface area contributed by atoms with Crippen LogP contribution in [0.5, 0.6) is 0 Å². The molecule has 0 saturated heterocycles. The molecule has 0 aromatic rings. The molecule has 0 aromatic carbocycles. The molecule has 0 heterocycles. The molecule has 4 heteroatoms. The highest BCUT2D eigenvalue weighted by Gasteiger charge is 2.28. The molecule has 1 saturated carbocycles. The van der Waals surface area contributed by atoms with Crippen molar-refractivity contribution in [3.8, 4) is 0 Å². The fraction of sp³-hybridized carbons (Fsp3) is 1.00. The smallest absolute Gasteiger partial charge is 0.151 e. The van der Waals surface area contributed by atoms with Gasteiger partial charge < -0.3 is 5.32 Å². The summed E-state index contributed by atoms with van der Waals surface area (Å²) in [5, 5.41) is 3.39. The van der Waals surface area contributed by atoms with Gasteiger partial charge in [0.25, 0.3) is 0 Å². The summed E-state index contributed by atoms with van der Waals surface area (Å²) in [6.45, 7) is 5.03. The molecule has 3 nitrogen and oxygen atoms in total. The van der Waals surface area contributed by atoms with Gasteiger partial charge in [-0.2, -0.15) is 0 Å². The van der Waals surface area contributed by atoms with Crippen molar-refractivity contribution in [3.05, 3.63) is 0 Å². The third-order valence-electron chi connectivity index (χ3n) is 3.93. The Bertz CT molecular complexity index is 308. The van der Waals surface area contributed by atoms with Crippen LogP contribution in [-0.2, 0) is 9.84 Å². The highest BCUT2D eigenvalue weighted by atomic mass is 32.2. The van der Waals surface area contributed by atoms with Gasteiger partial charge in [-0.3, -0.25) is 0 Å². The molecule has 1 fully saturated rings. The molecule has 108 valence electrons. The maximum Gasteiger partial charge on any atom is 0.151 e. The van der Waals surface area contributed by atoms with E-state index < -0.39 is 9.84 Å². The Morgan fingerprint density at radius 3 is 2.39 bits per heavy atom. The maximum atomic E-state index is 12.1. The van der Waals surface area contributed by atoms with Gasteiger partial charge in [0.15, 0.2) is 9.84 Å². The molecule has 1 atom stereocenters. The molecular weight excluding hydrogens is 246 g/mol. The van der Waals surface area contributed by atoms with E-state index >= 15 is 0 Å². The third kappa shape index (κ3) is 5.70. The molecule has 0 aliphatic heterocycles. The highest BCUT2D eigenvalue weighted by Crippen LogP contribution is 2.28. The van der Waals surface area contributed by atoms with Crippen LogP contribution in [0.25, 0.3) is 0 Å². The first kappa shape index (κ1) is 16.0. The minimum absolute atomic E-state index is 0.184. The zero-order valence-corrected chi connectivity index (χ0v) is 12.8. The van der Waals surface area contributed by atoms with Crippen LogP contribution in [0.1, 0.15) is 58.8 Å². The van der Waals surface area contributed by atoms with Crippen molar-refractivity contribution in [1.82, 2.24) is 5.32 Å². The van der Waals surface area contributed by atoms with Crippen molar-refractivity contribution < 1.29 is 8.42 Å². The molecule has 0 amide bonds. The molecule has 1 aliphatic carbocycles. The van der Waals surface area contributed by atoms with Crippen molar-refractivity contribution in [1.29, 1.82) is 0 Å². The summed E-state index contributed by atoms with van der Waals surface area (Å²) in [6, 6.07) is 0.184. The van der Waals surface area contributed by atoms with Gasteiger partial charge >= 0.3 is 0 Å². The fourth-order valence-electron chi connectivity index (χ4n) is 2.91.